The summed E-state index contributed by atoms with van der Waals surface area (Å²) in [5, 5.41) is 0. The molecular formula is C13H17NO2. The Labute approximate surface area is 95.8 Å². The molecule has 0 aliphatic heterocycles. The Bertz CT molecular complexity index is 346. The predicted molar refractivity (Wildman–Crippen MR) is 61.3 cm³/mol. The van der Waals surface area contributed by atoms with Crippen molar-refractivity contribution < 1.29 is 9.63 Å². The second-order valence-electron chi connectivity index (χ2n) is 4.37. The Morgan fingerprint density at radius 1 is 1.44 bits per heavy atom. The van der Waals surface area contributed by atoms with Crippen molar-refractivity contribution in [3.63, 3.8) is 0 Å². The molecular weight excluding hydrogens is 202 g/mol. The molecule has 1 atom stereocenters. The Morgan fingerprint density at radius 2 is 2.12 bits per heavy atom. The molecule has 1 unspecified atom stereocenters. The lowest BCUT2D eigenvalue weighted by molar-refractivity contribution is -0.138. The third-order valence-corrected chi connectivity index (χ3v) is 3.00. The number of nitrogens with one attached hydrogen (secondary N) is 1. The quantitative estimate of drug-likeness (QED) is 0.771. The van der Waals surface area contributed by atoms with Gasteiger partial charge in [0.2, 0.25) is 5.91 Å². The van der Waals surface area contributed by atoms with Crippen LogP contribution in [0.5, 0.6) is 0 Å². The first kappa shape index (κ1) is 11.1. The molecule has 1 amide bonds. The molecule has 1 aromatic rings. The molecule has 0 radical (unpaired) electrons. The van der Waals surface area contributed by atoms with Gasteiger partial charge in [0.15, 0.2) is 0 Å². The number of amides is 1. The van der Waals surface area contributed by atoms with E-state index in [0.29, 0.717) is 12.5 Å². The van der Waals surface area contributed by atoms with E-state index in [2.05, 4.69) is 5.48 Å². The van der Waals surface area contributed by atoms with Gasteiger partial charge in [0, 0.05) is 5.92 Å². The molecule has 1 aromatic carbocycles. The van der Waals surface area contributed by atoms with Gasteiger partial charge in [-0.25, -0.2) is 5.48 Å². The highest BCUT2D eigenvalue weighted by Gasteiger charge is 2.32. The summed E-state index contributed by atoms with van der Waals surface area (Å²) < 4.78 is 0. The molecule has 0 heterocycles. The number of carbonyl (C=O) groups excluding carboxylic acids is 1. The van der Waals surface area contributed by atoms with Crippen molar-refractivity contribution in [1.82, 2.24) is 5.48 Å². The Hall–Kier alpha value is -1.35. The van der Waals surface area contributed by atoms with Crippen LogP contribution in [-0.4, -0.2) is 5.91 Å². The van der Waals surface area contributed by atoms with Gasteiger partial charge in [-0.3, -0.25) is 9.63 Å². The maximum absolute atomic E-state index is 11.6. The number of hydrogen-bond donors (Lipinski definition) is 1. The van der Waals surface area contributed by atoms with Crippen molar-refractivity contribution in [2.45, 2.75) is 26.4 Å². The Kier molecular flexibility index (Phi) is 3.57. The summed E-state index contributed by atoms with van der Waals surface area (Å²) in [5.74, 6) is 0.648. The van der Waals surface area contributed by atoms with E-state index in [4.69, 9.17) is 4.84 Å². The molecule has 1 fully saturated rings. The number of benzene rings is 1. The molecule has 0 bridgehead atoms. The van der Waals surface area contributed by atoms with Crippen molar-refractivity contribution in [2.24, 2.45) is 11.8 Å². The molecule has 1 aliphatic carbocycles. The highest BCUT2D eigenvalue weighted by Crippen LogP contribution is 2.36. The summed E-state index contributed by atoms with van der Waals surface area (Å²) in [6.07, 6.45) is 2.35. The second kappa shape index (κ2) is 5.12. The summed E-state index contributed by atoms with van der Waals surface area (Å²) in [6.45, 7) is 2.38. The molecule has 16 heavy (non-hydrogen) atoms. The number of hydrogen-bond acceptors (Lipinski definition) is 2. The lowest BCUT2D eigenvalue weighted by atomic mass is 10.1. The normalized spacial score (nSPS) is 16.8. The maximum Gasteiger partial charge on any atom is 0.246 e. The van der Waals surface area contributed by atoms with Gasteiger partial charge >= 0.3 is 0 Å². The molecule has 0 aromatic heterocycles. The van der Waals surface area contributed by atoms with Crippen molar-refractivity contribution in [3.8, 4) is 0 Å². The standard InChI is InChI=1S/C13H17NO2/c1-10(12-7-8-12)13(15)14-16-9-11-5-3-2-4-6-11/h2-6,10,12H,7-9H2,1H3,(H,14,15). The van der Waals surface area contributed by atoms with E-state index in [1.165, 1.54) is 12.8 Å². The predicted octanol–water partition coefficient (Wildman–Crippen LogP) is 2.28. The van der Waals surface area contributed by atoms with Crippen LogP contribution in [0.25, 0.3) is 0 Å². The molecule has 2 rings (SSSR count). The molecule has 86 valence electrons. The average molecular weight is 219 g/mol. The van der Waals surface area contributed by atoms with Crippen LogP contribution in [0.1, 0.15) is 25.3 Å². The van der Waals surface area contributed by atoms with Crippen molar-refractivity contribution in [1.29, 1.82) is 0 Å². The Balaban J connectivity index is 1.69. The zero-order valence-electron chi connectivity index (χ0n) is 9.48. The minimum atomic E-state index is -0.00145. The minimum absolute atomic E-state index is 0.00145. The fourth-order valence-electron chi connectivity index (χ4n) is 1.67. The average Bonchev–Trinajstić information content (AvgIpc) is 3.13. The highest BCUT2D eigenvalue weighted by molar-refractivity contribution is 5.77. The lowest BCUT2D eigenvalue weighted by Crippen LogP contribution is -2.30. The first-order valence-corrected chi connectivity index (χ1v) is 5.73. The van der Waals surface area contributed by atoms with Gasteiger partial charge in [-0.15, -0.1) is 0 Å². The van der Waals surface area contributed by atoms with Crippen LogP contribution in [0.4, 0.5) is 0 Å². The van der Waals surface area contributed by atoms with Gasteiger partial charge in [0.05, 0.1) is 6.61 Å². The molecule has 0 saturated heterocycles. The first-order chi connectivity index (χ1) is 7.77. The molecule has 1 saturated carbocycles. The number of hydroxylamine groups is 1. The van der Waals surface area contributed by atoms with Crippen LogP contribution >= 0.6 is 0 Å². The smallest absolute Gasteiger partial charge is 0.246 e. The van der Waals surface area contributed by atoms with E-state index < -0.39 is 0 Å². The summed E-state index contributed by atoms with van der Waals surface area (Å²) in [5.41, 5.74) is 3.57. The summed E-state index contributed by atoms with van der Waals surface area (Å²) in [4.78, 5) is 16.8. The van der Waals surface area contributed by atoms with E-state index in [0.717, 1.165) is 5.56 Å². The van der Waals surface area contributed by atoms with E-state index >= 15 is 0 Å². The largest absolute Gasteiger partial charge is 0.273 e. The SMILES string of the molecule is CC(C(=O)NOCc1ccccc1)C1CC1. The fraction of sp³-hybridized carbons (Fsp3) is 0.462. The summed E-state index contributed by atoms with van der Waals surface area (Å²) in [6, 6.07) is 9.80. The van der Waals surface area contributed by atoms with Gasteiger partial charge in [-0.2, -0.15) is 0 Å². The number of carbonyl (C=O) groups is 1. The Morgan fingerprint density at radius 3 is 2.75 bits per heavy atom. The van der Waals surface area contributed by atoms with Gasteiger partial charge < -0.3 is 0 Å². The first-order valence-electron chi connectivity index (χ1n) is 5.73. The maximum atomic E-state index is 11.6. The molecule has 1 N–H and O–H groups in total. The van der Waals surface area contributed by atoms with Gasteiger partial charge in [0.25, 0.3) is 0 Å². The van der Waals surface area contributed by atoms with E-state index in [1.807, 2.05) is 37.3 Å². The third-order valence-electron chi connectivity index (χ3n) is 3.00. The lowest BCUT2D eigenvalue weighted by Gasteiger charge is -2.10. The minimum Gasteiger partial charge on any atom is -0.273 e. The molecule has 0 spiro atoms. The molecule has 1 aliphatic rings. The van der Waals surface area contributed by atoms with E-state index in [9.17, 15) is 4.79 Å². The van der Waals surface area contributed by atoms with Crippen molar-refractivity contribution >= 4 is 5.91 Å². The second-order valence-corrected chi connectivity index (χ2v) is 4.37. The van der Waals surface area contributed by atoms with Crippen molar-refractivity contribution in [2.75, 3.05) is 0 Å². The van der Waals surface area contributed by atoms with Gasteiger partial charge in [0.1, 0.15) is 0 Å². The van der Waals surface area contributed by atoms with Crippen LogP contribution in [0.2, 0.25) is 0 Å². The van der Waals surface area contributed by atoms with Gasteiger partial charge in [-0.05, 0) is 24.3 Å². The van der Waals surface area contributed by atoms with E-state index in [-0.39, 0.29) is 11.8 Å². The molecule has 3 heteroatoms. The fourth-order valence-corrected chi connectivity index (χ4v) is 1.67. The van der Waals surface area contributed by atoms with E-state index in [1.54, 1.807) is 0 Å². The zero-order valence-corrected chi connectivity index (χ0v) is 9.48. The topological polar surface area (TPSA) is 38.3 Å². The van der Waals surface area contributed by atoms with Crippen LogP contribution in [0.3, 0.4) is 0 Å². The van der Waals surface area contributed by atoms with Crippen molar-refractivity contribution in [3.05, 3.63) is 35.9 Å². The molecule has 3 nitrogen and oxygen atoms in total. The highest BCUT2D eigenvalue weighted by atomic mass is 16.6. The monoisotopic (exact) mass is 219 g/mol. The van der Waals surface area contributed by atoms with Crippen LogP contribution in [-0.2, 0) is 16.2 Å². The summed E-state index contributed by atoms with van der Waals surface area (Å²) in [7, 11) is 0. The van der Waals surface area contributed by atoms with Crippen LogP contribution in [0.15, 0.2) is 30.3 Å². The summed E-state index contributed by atoms with van der Waals surface area (Å²) >= 11 is 0. The zero-order chi connectivity index (χ0) is 11.4. The van der Waals surface area contributed by atoms with Crippen LogP contribution in [0, 0.1) is 11.8 Å². The van der Waals surface area contributed by atoms with Gasteiger partial charge in [-0.1, -0.05) is 37.3 Å². The third kappa shape index (κ3) is 3.07. The number of rotatable bonds is 5. The van der Waals surface area contributed by atoms with Crippen LogP contribution < -0.4 is 5.48 Å².